The molecule has 92 valence electrons. The van der Waals surface area contributed by atoms with Crippen molar-refractivity contribution >= 4 is 5.97 Å². The number of aliphatic carboxylic acids is 1. The van der Waals surface area contributed by atoms with Crippen LogP contribution in [0.5, 0.6) is 11.5 Å². The fourth-order valence-corrected chi connectivity index (χ4v) is 1.65. The van der Waals surface area contributed by atoms with E-state index in [0.717, 1.165) is 16.9 Å². The molecule has 0 aliphatic carbocycles. The van der Waals surface area contributed by atoms with Gasteiger partial charge in [0.1, 0.15) is 11.5 Å². The van der Waals surface area contributed by atoms with Crippen LogP contribution in [-0.4, -0.2) is 11.1 Å². The second-order valence-electron chi connectivity index (χ2n) is 4.08. The molecular formula is C15H14O3. The van der Waals surface area contributed by atoms with Crippen LogP contribution in [0, 0.1) is 6.92 Å². The van der Waals surface area contributed by atoms with Crippen LogP contribution in [-0.2, 0) is 11.2 Å². The molecule has 0 bridgehead atoms. The van der Waals surface area contributed by atoms with Crippen molar-refractivity contribution in [3.05, 3.63) is 59.7 Å². The zero-order valence-corrected chi connectivity index (χ0v) is 10.1. The van der Waals surface area contributed by atoms with Crippen LogP contribution in [0.2, 0.25) is 0 Å². The van der Waals surface area contributed by atoms with Crippen molar-refractivity contribution in [2.24, 2.45) is 0 Å². The van der Waals surface area contributed by atoms with Crippen molar-refractivity contribution in [3.63, 3.8) is 0 Å². The van der Waals surface area contributed by atoms with Crippen molar-refractivity contribution in [2.45, 2.75) is 13.3 Å². The summed E-state index contributed by atoms with van der Waals surface area (Å²) < 4.78 is 5.72. The molecule has 0 saturated heterocycles. The number of carboxylic acids is 1. The number of ether oxygens (including phenoxy) is 1. The minimum atomic E-state index is -0.831. The molecule has 3 heteroatoms. The van der Waals surface area contributed by atoms with Gasteiger partial charge in [-0.25, -0.2) is 0 Å². The predicted molar refractivity (Wildman–Crippen MR) is 69.0 cm³/mol. The molecule has 3 nitrogen and oxygen atoms in total. The molecule has 2 aromatic rings. The summed E-state index contributed by atoms with van der Waals surface area (Å²) in [4.78, 5) is 10.6. The highest BCUT2D eigenvalue weighted by Crippen LogP contribution is 2.24. The highest BCUT2D eigenvalue weighted by Gasteiger charge is 2.02. The van der Waals surface area contributed by atoms with Gasteiger partial charge in [-0.1, -0.05) is 30.3 Å². The van der Waals surface area contributed by atoms with Gasteiger partial charge in [-0.3, -0.25) is 4.79 Å². The first-order valence-electron chi connectivity index (χ1n) is 5.69. The smallest absolute Gasteiger partial charge is 0.307 e. The second-order valence-corrected chi connectivity index (χ2v) is 4.08. The van der Waals surface area contributed by atoms with Crippen molar-refractivity contribution in [1.29, 1.82) is 0 Å². The highest BCUT2D eigenvalue weighted by molar-refractivity contribution is 5.70. The van der Waals surface area contributed by atoms with Crippen molar-refractivity contribution in [1.82, 2.24) is 0 Å². The third-order valence-electron chi connectivity index (χ3n) is 2.60. The van der Waals surface area contributed by atoms with Gasteiger partial charge in [-0.15, -0.1) is 0 Å². The maximum absolute atomic E-state index is 10.6. The van der Waals surface area contributed by atoms with Gasteiger partial charge in [-0.2, -0.15) is 0 Å². The van der Waals surface area contributed by atoms with Crippen molar-refractivity contribution < 1.29 is 14.6 Å². The molecule has 0 aromatic heterocycles. The van der Waals surface area contributed by atoms with Crippen LogP contribution in [0.1, 0.15) is 11.1 Å². The van der Waals surface area contributed by atoms with Crippen LogP contribution >= 0.6 is 0 Å². The zero-order chi connectivity index (χ0) is 13.0. The van der Waals surface area contributed by atoms with Crippen molar-refractivity contribution in [2.75, 3.05) is 0 Å². The van der Waals surface area contributed by atoms with E-state index in [-0.39, 0.29) is 6.42 Å². The van der Waals surface area contributed by atoms with Gasteiger partial charge in [0.15, 0.2) is 0 Å². The Morgan fingerprint density at radius 2 is 1.78 bits per heavy atom. The Morgan fingerprint density at radius 3 is 2.39 bits per heavy atom. The summed E-state index contributed by atoms with van der Waals surface area (Å²) in [5, 5.41) is 8.68. The van der Waals surface area contributed by atoms with E-state index >= 15 is 0 Å². The first-order chi connectivity index (χ1) is 8.65. The summed E-state index contributed by atoms with van der Waals surface area (Å²) in [5.74, 6) is 0.685. The van der Waals surface area contributed by atoms with Gasteiger partial charge >= 0.3 is 5.97 Å². The number of carboxylic acid groups (broad SMARTS) is 1. The molecule has 0 aliphatic heterocycles. The number of aryl methyl sites for hydroxylation is 1. The lowest BCUT2D eigenvalue weighted by Gasteiger charge is -2.08. The van der Waals surface area contributed by atoms with Gasteiger partial charge < -0.3 is 9.84 Å². The Bertz CT molecular complexity index is 544. The molecule has 0 atom stereocenters. The summed E-state index contributed by atoms with van der Waals surface area (Å²) in [7, 11) is 0. The monoisotopic (exact) mass is 242 g/mol. The Labute approximate surface area is 106 Å². The summed E-state index contributed by atoms with van der Waals surface area (Å²) in [5.41, 5.74) is 1.83. The van der Waals surface area contributed by atoms with Crippen LogP contribution in [0.4, 0.5) is 0 Å². The average molecular weight is 242 g/mol. The molecule has 1 N–H and O–H groups in total. The quantitative estimate of drug-likeness (QED) is 0.893. The molecule has 18 heavy (non-hydrogen) atoms. The van der Waals surface area contributed by atoms with Crippen LogP contribution in [0.3, 0.4) is 0 Å². The number of rotatable bonds is 4. The summed E-state index contributed by atoms with van der Waals surface area (Å²) >= 11 is 0. The number of benzene rings is 2. The Morgan fingerprint density at radius 1 is 1.11 bits per heavy atom. The minimum absolute atomic E-state index is 0.0324. The number of carbonyl (C=O) groups is 1. The Kier molecular flexibility index (Phi) is 3.63. The third kappa shape index (κ3) is 3.10. The molecule has 0 radical (unpaired) electrons. The largest absolute Gasteiger partial charge is 0.481 e. The van der Waals surface area contributed by atoms with Gasteiger partial charge in [0.25, 0.3) is 0 Å². The summed E-state index contributed by atoms with van der Waals surface area (Å²) in [6.07, 6.45) is 0.0324. The first-order valence-corrected chi connectivity index (χ1v) is 5.69. The molecule has 0 fully saturated rings. The molecule has 0 spiro atoms. The normalized spacial score (nSPS) is 10.1. The van der Waals surface area contributed by atoms with E-state index in [9.17, 15) is 4.79 Å². The van der Waals surface area contributed by atoms with Crippen LogP contribution < -0.4 is 4.74 Å². The van der Waals surface area contributed by atoms with Gasteiger partial charge in [0.05, 0.1) is 6.42 Å². The average Bonchev–Trinajstić information content (AvgIpc) is 2.34. The van der Waals surface area contributed by atoms with Crippen LogP contribution in [0.25, 0.3) is 0 Å². The number of hydrogen-bond donors (Lipinski definition) is 1. The number of hydrogen-bond acceptors (Lipinski definition) is 2. The van der Waals surface area contributed by atoms with E-state index < -0.39 is 5.97 Å². The van der Waals surface area contributed by atoms with E-state index in [1.54, 1.807) is 24.3 Å². The molecule has 0 unspecified atom stereocenters. The fourth-order valence-electron chi connectivity index (χ4n) is 1.65. The summed E-state index contributed by atoms with van der Waals surface area (Å²) in [6, 6.07) is 14.9. The van der Waals surface area contributed by atoms with E-state index in [0.29, 0.717) is 5.75 Å². The standard InChI is InChI=1S/C15H14O3/c1-11-4-2-3-5-14(11)18-13-8-6-12(7-9-13)10-15(16)17/h2-9H,10H2,1H3,(H,16,17). The first kappa shape index (κ1) is 12.2. The van der Waals surface area contributed by atoms with Gasteiger partial charge in [0.2, 0.25) is 0 Å². The number of para-hydroxylation sites is 1. The minimum Gasteiger partial charge on any atom is -0.481 e. The molecule has 0 amide bonds. The lowest BCUT2D eigenvalue weighted by molar-refractivity contribution is -0.136. The maximum Gasteiger partial charge on any atom is 0.307 e. The Hall–Kier alpha value is -2.29. The molecule has 2 aromatic carbocycles. The van der Waals surface area contributed by atoms with Gasteiger partial charge in [-0.05, 0) is 36.2 Å². The third-order valence-corrected chi connectivity index (χ3v) is 2.60. The fraction of sp³-hybridized carbons (Fsp3) is 0.133. The van der Waals surface area contributed by atoms with E-state index in [1.807, 2.05) is 31.2 Å². The van der Waals surface area contributed by atoms with Gasteiger partial charge in [0, 0.05) is 0 Å². The SMILES string of the molecule is Cc1ccccc1Oc1ccc(CC(=O)O)cc1. The molecule has 0 saturated carbocycles. The van der Waals surface area contributed by atoms with Crippen LogP contribution in [0.15, 0.2) is 48.5 Å². The molecular weight excluding hydrogens is 228 g/mol. The molecule has 0 heterocycles. The predicted octanol–water partition coefficient (Wildman–Crippen LogP) is 3.41. The summed E-state index contributed by atoms with van der Waals surface area (Å²) in [6.45, 7) is 1.98. The Balaban J connectivity index is 2.11. The molecule has 0 aliphatic rings. The second kappa shape index (κ2) is 5.36. The van der Waals surface area contributed by atoms with E-state index in [4.69, 9.17) is 9.84 Å². The zero-order valence-electron chi connectivity index (χ0n) is 10.1. The topological polar surface area (TPSA) is 46.5 Å². The van der Waals surface area contributed by atoms with Crippen molar-refractivity contribution in [3.8, 4) is 11.5 Å². The highest BCUT2D eigenvalue weighted by atomic mass is 16.5. The van der Waals surface area contributed by atoms with E-state index in [2.05, 4.69) is 0 Å². The van der Waals surface area contributed by atoms with E-state index in [1.165, 1.54) is 0 Å². The lowest BCUT2D eigenvalue weighted by Crippen LogP contribution is -1.99. The molecule has 2 rings (SSSR count). The lowest BCUT2D eigenvalue weighted by atomic mass is 10.1. The maximum atomic E-state index is 10.6.